The van der Waals surface area contributed by atoms with Gasteiger partial charge in [0.15, 0.2) is 0 Å². The number of carboxylic acid groups (broad SMARTS) is 1. The van der Waals surface area contributed by atoms with Gasteiger partial charge < -0.3 is 15.3 Å². The summed E-state index contributed by atoms with van der Waals surface area (Å²) >= 11 is 0. The van der Waals surface area contributed by atoms with Gasteiger partial charge in [0.1, 0.15) is 0 Å². The van der Waals surface area contributed by atoms with Crippen LogP contribution in [-0.4, -0.2) is 47.6 Å². The lowest BCUT2D eigenvalue weighted by Gasteiger charge is -2.34. The molecule has 5 heteroatoms. The lowest BCUT2D eigenvalue weighted by molar-refractivity contribution is -0.140. The van der Waals surface area contributed by atoms with Crippen molar-refractivity contribution in [3.05, 3.63) is 0 Å². The van der Waals surface area contributed by atoms with Crippen molar-refractivity contribution in [1.82, 2.24) is 10.2 Å². The predicted octanol–water partition coefficient (Wildman–Crippen LogP) is -0.719. The van der Waals surface area contributed by atoms with Crippen molar-refractivity contribution in [2.24, 2.45) is 0 Å². The van der Waals surface area contributed by atoms with Crippen molar-refractivity contribution < 1.29 is 14.7 Å². The van der Waals surface area contributed by atoms with Crippen LogP contribution in [0.3, 0.4) is 0 Å². The zero-order valence-corrected chi connectivity index (χ0v) is 7.62. The van der Waals surface area contributed by atoms with Crippen molar-refractivity contribution in [2.45, 2.75) is 19.4 Å². The Labute approximate surface area is 76.7 Å². The van der Waals surface area contributed by atoms with Crippen LogP contribution in [0.2, 0.25) is 0 Å². The van der Waals surface area contributed by atoms with Crippen LogP contribution in [0.5, 0.6) is 0 Å². The quantitative estimate of drug-likeness (QED) is 0.597. The molecule has 1 saturated heterocycles. The minimum atomic E-state index is -0.861. The Morgan fingerprint density at radius 3 is 2.85 bits per heavy atom. The standard InChI is InChI=1S/C8H14N2O3/c1-6(11)10-3-2-9-5-7(10)4-8(12)13/h7,9H,2-5H2,1H3,(H,12,13). The number of hydrogen-bond donors (Lipinski definition) is 2. The first-order chi connectivity index (χ1) is 6.11. The fraction of sp³-hybridized carbons (Fsp3) is 0.750. The Morgan fingerprint density at radius 2 is 2.31 bits per heavy atom. The molecular formula is C8H14N2O3. The van der Waals surface area contributed by atoms with Crippen LogP contribution in [0.25, 0.3) is 0 Å². The zero-order valence-electron chi connectivity index (χ0n) is 7.62. The van der Waals surface area contributed by atoms with E-state index in [1.165, 1.54) is 6.92 Å². The molecule has 74 valence electrons. The van der Waals surface area contributed by atoms with E-state index < -0.39 is 5.97 Å². The second kappa shape index (κ2) is 4.23. The number of rotatable bonds is 2. The van der Waals surface area contributed by atoms with E-state index in [0.29, 0.717) is 13.1 Å². The lowest BCUT2D eigenvalue weighted by atomic mass is 10.1. The molecule has 0 aromatic heterocycles. The van der Waals surface area contributed by atoms with Gasteiger partial charge in [-0.05, 0) is 0 Å². The Kier molecular flexibility index (Phi) is 3.25. The molecule has 1 heterocycles. The number of piperazine rings is 1. The van der Waals surface area contributed by atoms with Gasteiger partial charge in [-0.2, -0.15) is 0 Å². The summed E-state index contributed by atoms with van der Waals surface area (Å²) in [5.41, 5.74) is 0. The van der Waals surface area contributed by atoms with E-state index in [4.69, 9.17) is 5.11 Å². The molecule has 0 aliphatic carbocycles. The van der Waals surface area contributed by atoms with Gasteiger partial charge in [-0.15, -0.1) is 0 Å². The molecule has 1 amide bonds. The van der Waals surface area contributed by atoms with Crippen LogP contribution < -0.4 is 5.32 Å². The largest absolute Gasteiger partial charge is 0.481 e. The van der Waals surface area contributed by atoms with Crippen molar-refractivity contribution in [3.8, 4) is 0 Å². The number of aliphatic carboxylic acids is 1. The number of carboxylic acids is 1. The predicted molar refractivity (Wildman–Crippen MR) is 46.3 cm³/mol. The highest BCUT2D eigenvalue weighted by atomic mass is 16.4. The first kappa shape index (κ1) is 9.98. The minimum Gasteiger partial charge on any atom is -0.481 e. The van der Waals surface area contributed by atoms with Gasteiger partial charge in [0.05, 0.1) is 12.5 Å². The summed E-state index contributed by atoms with van der Waals surface area (Å²) in [4.78, 5) is 23.2. The molecule has 1 fully saturated rings. The number of carbonyl (C=O) groups is 2. The van der Waals surface area contributed by atoms with E-state index in [0.717, 1.165) is 6.54 Å². The molecule has 2 N–H and O–H groups in total. The van der Waals surface area contributed by atoms with Crippen molar-refractivity contribution in [2.75, 3.05) is 19.6 Å². The number of carbonyl (C=O) groups excluding carboxylic acids is 1. The molecule has 1 rings (SSSR count). The summed E-state index contributed by atoms with van der Waals surface area (Å²) in [6.45, 7) is 3.40. The molecule has 1 aliphatic heterocycles. The normalized spacial score (nSPS) is 22.8. The summed E-state index contributed by atoms with van der Waals surface area (Å²) in [5, 5.41) is 11.7. The van der Waals surface area contributed by atoms with Crippen LogP contribution in [0.1, 0.15) is 13.3 Å². The lowest BCUT2D eigenvalue weighted by Crippen LogP contribution is -2.53. The van der Waals surface area contributed by atoms with Crippen molar-refractivity contribution >= 4 is 11.9 Å². The van der Waals surface area contributed by atoms with E-state index in [-0.39, 0.29) is 18.4 Å². The fourth-order valence-electron chi connectivity index (χ4n) is 1.56. The molecular weight excluding hydrogens is 172 g/mol. The summed E-state index contributed by atoms with van der Waals surface area (Å²) < 4.78 is 0. The first-order valence-corrected chi connectivity index (χ1v) is 4.31. The van der Waals surface area contributed by atoms with Crippen LogP contribution in [0.4, 0.5) is 0 Å². The number of amides is 1. The molecule has 1 unspecified atom stereocenters. The van der Waals surface area contributed by atoms with E-state index in [9.17, 15) is 9.59 Å². The summed E-state index contributed by atoms with van der Waals surface area (Å²) in [6, 6.07) is -0.191. The Hall–Kier alpha value is -1.10. The highest BCUT2D eigenvalue weighted by Crippen LogP contribution is 2.07. The summed E-state index contributed by atoms with van der Waals surface area (Å²) in [5.74, 6) is -0.910. The van der Waals surface area contributed by atoms with Crippen LogP contribution in [-0.2, 0) is 9.59 Å². The molecule has 5 nitrogen and oxygen atoms in total. The summed E-state index contributed by atoms with van der Waals surface area (Å²) in [6.07, 6.45) is 0.0204. The maximum atomic E-state index is 11.1. The van der Waals surface area contributed by atoms with Gasteiger partial charge in [0.2, 0.25) is 5.91 Å². The molecule has 1 atom stereocenters. The van der Waals surface area contributed by atoms with Crippen LogP contribution in [0, 0.1) is 0 Å². The van der Waals surface area contributed by atoms with Crippen LogP contribution in [0.15, 0.2) is 0 Å². The van der Waals surface area contributed by atoms with E-state index >= 15 is 0 Å². The van der Waals surface area contributed by atoms with Crippen molar-refractivity contribution in [1.29, 1.82) is 0 Å². The van der Waals surface area contributed by atoms with E-state index in [1.54, 1.807) is 4.90 Å². The monoisotopic (exact) mass is 186 g/mol. The second-order valence-electron chi connectivity index (χ2n) is 3.17. The van der Waals surface area contributed by atoms with Gasteiger partial charge in [0, 0.05) is 26.6 Å². The van der Waals surface area contributed by atoms with Gasteiger partial charge in [-0.25, -0.2) is 0 Å². The molecule has 0 bridgehead atoms. The highest BCUT2D eigenvalue weighted by Gasteiger charge is 2.25. The molecule has 1 aliphatic rings. The second-order valence-corrected chi connectivity index (χ2v) is 3.17. The fourth-order valence-corrected chi connectivity index (χ4v) is 1.56. The molecule has 0 radical (unpaired) electrons. The van der Waals surface area contributed by atoms with E-state index in [1.807, 2.05) is 0 Å². The maximum Gasteiger partial charge on any atom is 0.305 e. The number of hydrogen-bond acceptors (Lipinski definition) is 3. The third-order valence-electron chi connectivity index (χ3n) is 2.16. The topological polar surface area (TPSA) is 69.6 Å². The molecule has 0 aromatic rings. The molecule has 0 aromatic carbocycles. The third-order valence-corrected chi connectivity index (χ3v) is 2.16. The Morgan fingerprint density at radius 1 is 1.62 bits per heavy atom. The highest BCUT2D eigenvalue weighted by molar-refractivity contribution is 5.75. The van der Waals surface area contributed by atoms with Gasteiger partial charge in [0.25, 0.3) is 0 Å². The minimum absolute atomic E-state index is 0.0204. The maximum absolute atomic E-state index is 11.1. The molecule has 0 spiro atoms. The number of nitrogens with one attached hydrogen (secondary N) is 1. The smallest absolute Gasteiger partial charge is 0.305 e. The van der Waals surface area contributed by atoms with Crippen molar-refractivity contribution in [3.63, 3.8) is 0 Å². The third kappa shape index (κ3) is 2.69. The van der Waals surface area contributed by atoms with Gasteiger partial charge in [-0.3, -0.25) is 9.59 Å². The Balaban J connectivity index is 2.56. The average molecular weight is 186 g/mol. The van der Waals surface area contributed by atoms with Gasteiger partial charge in [-0.1, -0.05) is 0 Å². The summed E-state index contributed by atoms with van der Waals surface area (Å²) in [7, 11) is 0. The number of nitrogens with zero attached hydrogens (tertiary/aromatic N) is 1. The molecule has 13 heavy (non-hydrogen) atoms. The first-order valence-electron chi connectivity index (χ1n) is 4.31. The van der Waals surface area contributed by atoms with E-state index in [2.05, 4.69) is 5.32 Å². The Bertz CT molecular complexity index is 217. The average Bonchev–Trinajstić information content (AvgIpc) is 2.03. The molecule has 0 saturated carbocycles. The SMILES string of the molecule is CC(=O)N1CCNCC1CC(=O)O. The van der Waals surface area contributed by atoms with Gasteiger partial charge >= 0.3 is 5.97 Å². The zero-order chi connectivity index (χ0) is 9.84. The van der Waals surface area contributed by atoms with Crippen LogP contribution >= 0.6 is 0 Å².